The Bertz CT molecular complexity index is 370. The van der Waals surface area contributed by atoms with Crippen LogP contribution in [0, 0.1) is 6.92 Å². The van der Waals surface area contributed by atoms with Crippen molar-refractivity contribution in [3.63, 3.8) is 0 Å². The zero-order valence-electron chi connectivity index (χ0n) is 7.69. The van der Waals surface area contributed by atoms with Gasteiger partial charge in [-0.2, -0.15) is 0 Å². The number of anilines is 1. The average molecular weight is 223 g/mol. The van der Waals surface area contributed by atoms with E-state index in [4.69, 9.17) is 12.2 Å². The van der Waals surface area contributed by atoms with Crippen molar-refractivity contribution in [2.24, 2.45) is 0 Å². The average Bonchev–Trinajstić information content (AvgIpc) is 2.49. The molecule has 0 aromatic heterocycles. The summed E-state index contributed by atoms with van der Waals surface area (Å²) in [5.74, 6) is 0.538. The highest BCUT2D eigenvalue weighted by Crippen LogP contribution is 2.26. The molecular weight excluding hydrogens is 214 g/mol. The normalized spacial score (nSPS) is 16.5. The molecule has 4 heteroatoms. The Morgan fingerprint density at radius 2 is 2.00 bits per heavy atom. The number of hydrogen-bond acceptors (Lipinski definition) is 3. The Morgan fingerprint density at radius 3 is 2.50 bits per heavy atom. The number of rotatable bonds is 1. The Kier molecular flexibility index (Phi) is 2.56. The van der Waals surface area contributed by atoms with Gasteiger partial charge in [0.15, 0.2) is 0 Å². The molecule has 72 valence electrons. The van der Waals surface area contributed by atoms with Crippen LogP contribution in [0.4, 0.5) is 5.69 Å². The van der Waals surface area contributed by atoms with Crippen LogP contribution in [0.15, 0.2) is 24.3 Å². The smallest absolute Gasteiger partial charge is 0.243 e. The molecule has 1 saturated heterocycles. The highest BCUT2D eigenvalue weighted by molar-refractivity contribution is 8.24. The van der Waals surface area contributed by atoms with Crippen molar-refractivity contribution < 1.29 is 4.79 Å². The summed E-state index contributed by atoms with van der Waals surface area (Å²) in [7, 11) is 0. The summed E-state index contributed by atoms with van der Waals surface area (Å²) in [6.07, 6.45) is 0. The Labute approximate surface area is 92.3 Å². The Balaban J connectivity index is 2.34. The highest BCUT2D eigenvalue weighted by atomic mass is 32.2. The quantitative estimate of drug-likeness (QED) is 0.682. The molecule has 0 unspecified atom stereocenters. The van der Waals surface area contributed by atoms with Crippen LogP contribution in [0.5, 0.6) is 0 Å². The molecule has 0 aliphatic carbocycles. The van der Waals surface area contributed by atoms with Crippen molar-refractivity contribution in [2.45, 2.75) is 6.92 Å². The van der Waals surface area contributed by atoms with E-state index in [1.54, 1.807) is 4.90 Å². The lowest BCUT2D eigenvalue weighted by molar-refractivity contribution is -0.115. The molecule has 1 aliphatic rings. The van der Waals surface area contributed by atoms with Gasteiger partial charge in [-0.25, -0.2) is 0 Å². The van der Waals surface area contributed by atoms with Gasteiger partial charge in [0.2, 0.25) is 5.91 Å². The topological polar surface area (TPSA) is 20.3 Å². The molecule has 1 heterocycles. The van der Waals surface area contributed by atoms with Crippen molar-refractivity contribution in [3.8, 4) is 0 Å². The summed E-state index contributed by atoms with van der Waals surface area (Å²) in [5, 5.41) is 0. The van der Waals surface area contributed by atoms with Gasteiger partial charge in [0.05, 0.1) is 11.4 Å². The minimum atomic E-state index is 0.0730. The van der Waals surface area contributed by atoms with Crippen LogP contribution in [0.3, 0.4) is 0 Å². The number of thioether (sulfide) groups is 1. The molecule has 0 bridgehead atoms. The monoisotopic (exact) mass is 223 g/mol. The first kappa shape index (κ1) is 9.68. The highest BCUT2D eigenvalue weighted by Gasteiger charge is 2.27. The van der Waals surface area contributed by atoms with Crippen molar-refractivity contribution in [3.05, 3.63) is 29.8 Å². The van der Waals surface area contributed by atoms with Crippen molar-refractivity contribution in [1.82, 2.24) is 0 Å². The predicted octanol–water partition coefficient (Wildman–Crippen LogP) is 2.36. The summed E-state index contributed by atoms with van der Waals surface area (Å²) >= 11 is 6.52. The third-order valence-corrected chi connectivity index (χ3v) is 3.40. The predicted molar refractivity (Wildman–Crippen MR) is 63.7 cm³/mol. The van der Waals surface area contributed by atoms with Gasteiger partial charge in [-0.15, -0.1) is 0 Å². The fourth-order valence-corrected chi connectivity index (χ4v) is 2.39. The molecule has 1 fully saturated rings. The van der Waals surface area contributed by atoms with Crippen molar-refractivity contribution >= 4 is 39.9 Å². The maximum absolute atomic E-state index is 11.5. The first-order chi connectivity index (χ1) is 6.68. The zero-order valence-corrected chi connectivity index (χ0v) is 9.32. The molecule has 0 atom stereocenters. The fraction of sp³-hybridized carbons (Fsp3) is 0.200. The number of thiocarbonyl (C=S) groups is 1. The molecule has 0 spiro atoms. The van der Waals surface area contributed by atoms with Crippen LogP contribution in [0.1, 0.15) is 5.56 Å². The van der Waals surface area contributed by atoms with Crippen molar-refractivity contribution in [1.29, 1.82) is 0 Å². The van der Waals surface area contributed by atoms with Crippen LogP contribution < -0.4 is 4.90 Å². The number of hydrogen-bond donors (Lipinski definition) is 0. The van der Waals surface area contributed by atoms with Gasteiger partial charge >= 0.3 is 0 Å². The minimum Gasteiger partial charge on any atom is -0.273 e. The molecule has 1 aromatic rings. The second kappa shape index (κ2) is 3.71. The molecule has 0 N–H and O–H groups in total. The SMILES string of the molecule is Cc1ccc(N2C(=O)CSC2=S)cc1. The van der Waals surface area contributed by atoms with Gasteiger partial charge < -0.3 is 0 Å². The number of carbonyl (C=O) groups is 1. The van der Waals surface area contributed by atoms with Gasteiger partial charge in [-0.1, -0.05) is 41.7 Å². The fourth-order valence-electron chi connectivity index (χ4n) is 1.30. The summed E-state index contributed by atoms with van der Waals surface area (Å²) in [4.78, 5) is 13.1. The van der Waals surface area contributed by atoms with Crippen molar-refractivity contribution in [2.75, 3.05) is 10.7 Å². The molecule has 0 radical (unpaired) electrons. The van der Waals surface area contributed by atoms with E-state index in [-0.39, 0.29) is 5.91 Å². The molecule has 0 saturated carbocycles. The minimum absolute atomic E-state index is 0.0730. The summed E-state index contributed by atoms with van der Waals surface area (Å²) < 4.78 is 0.652. The summed E-state index contributed by atoms with van der Waals surface area (Å²) in [6, 6.07) is 7.80. The second-order valence-corrected chi connectivity index (χ2v) is 4.73. The zero-order chi connectivity index (χ0) is 10.1. The van der Waals surface area contributed by atoms with E-state index < -0.39 is 0 Å². The molecule has 2 rings (SSSR count). The third-order valence-electron chi connectivity index (χ3n) is 2.04. The number of benzene rings is 1. The molecule has 2 nitrogen and oxygen atoms in total. The molecule has 14 heavy (non-hydrogen) atoms. The third kappa shape index (κ3) is 1.67. The van der Waals surface area contributed by atoms with E-state index in [9.17, 15) is 4.79 Å². The van der Waals surface area contributed by atoms with E-state index >= 15 is 0 Å². The molecule has 1 aliphatic heterocycles. The van der Waals surface area contributed by atoms with E-state index in [2.05, 4.69) is 0 Å². The van der Waals surface area contributed by atoms with Crippen LogP contribution >= 0.6 is 24.0 Å². The first-order valence-corrected chi connectivity index (χ1v) is 5.64. The lowest BCUT2D eigenvalue weighted by Gasteiger charge is -2.14. The van der Waals surface area contributed by atoms with E-state index in [0.717, 1.165) is 5.69 Å². The maximum atomic E-state index is 11.5. The van der Waals surface area contributed by atoms with E-state index in [1.165, 1.54) is 17.3 Å². The van der Waals surface area contributed by atoms with Crippen LogP contribution in [0.2, 0.25) is 0 Å². The molecule has 1 amide bonds. The largest absolute Gasteiger partial charge is 0.273 e. The Hall–Kier alpha value is -0.870. The molecular formula is C10H9NOS2. The van der Waals surface area contributed by atoms with Crippen LogP contribution in [-0.4, -0.2) is 16.0 Å². The van der Waals surface area contributed by atoms with Gasteiger partial charge in [0.1, 0.15) is 4.32 Å². The standard InChI is InChI=1S/C10H9NOS2/c1-7-2-4-8(5-3-7)11-9(12)6-14-10(11)13/h2-5H,6H2,1H3. The van der Waals surface area contributed by atoms with Gasteiger partial charge in [0, 0.05) is 0 Å². The van der Waals surface area contributed by atoms with Gasteiger partial charge in [0.25, 0.3) is 0 Å². The van der Waals surface area contributed by atoms with Gasteiger partial charge in [-0.05, 0) is 19.1 Å². The lowest BCUT2D eigenvalue weighted by Crippen LogP contribution is -2.27. The van der Waals surface area contributed by atoms with E-state index in [1.807, 2.05) is 31.2 Å². The number of amides is 1. The number of carbonyl (C=O) groups excluding carboxylic acids is 1. The van der Waals surface area contributed by atoms with Crippen LogP contribution in [-0.2, 0) is 4.79 Å². The summed E-state index contributed by atoms with van der Waals surface area (Å²) in [6.45, 7) is 2.02. The number of aryl methyl sites for hydroxylation is 1. The van der Waals surface area contributed by atoms with E-state index in [0.29, 0.717) is 10.1 Å². The Morgan fingerprint density at radius 1 is 1.36 bits per heavy atom. The maximum Gasteiger partial charge on any atom is 0.243 e. The van der Waals surface area contributed by atoms with Crippen LogP contribution in [0.25, 0.3) is 0 Å². The summed E-state index contributed by atoms with van der Waals surface area (Å²) in [5.41, 5.74) is 2.05. The first-order valence-electron chi connectivity index (χ1n) is 4.25. The lowest BCUT2D eigenvalue weighted by atomic mass is 10.2. The molecule has 1 aromatic carbocycles. The van der Waals surface area contributed by atoms with Gasteiger partial charge in [-0.3, -0.25) is 9.69 Å². The second-order valence-electron chi connectivity index (χ2n) is 3.12. The number of nitrogens with zero attached hydrogens (tertiary/aromatic N) is 1.